The fourth-order valence-corrected chi connectivity index (χ4v) is 5.98. The van der Waals surface area contributed by atoms with E-state index >= 15 is 0 Å². The molecule has 0 spiro atoms. The number of rotatable bonds is 4. The van der Waals surface area contributed by atoms with Crippen LogP contribution < -0.4 is 9.62 Å². The van der Waals surface area contributed by atoms with Gasteiger partial charge < -0.3 is 9.30 Å². The first-order valence-electron chi connectivity index (χ1n) is 10.9. The molecule has 0 radical (unpaired) electrons. The van der Waals surface area contributed by atoms with Crippen LogP contribution in [-0.4, -0.2) is 30.3 Å². The Morgan fingerprint density at radius 2 is 1.82 bits per heavy atom. The van der Waals surface area contributed by atoms with Gasteiger partial charge in [-0.3, -0.25) is 9.52 Å². The van der Waals surface area contributed by atoms with Crippen LogP contribution in [0.2, 0.25) is 0 Å². The lowest BCUT2D eigenvalue weighted by Gasteiger charge is -2.25. The van der Waals surface area contributed by atoms with Crippen LogP contribution in [-0.2, 0) is 27.7 Å². The molecule has 8 heteroatoms. The summed E-state index contributed by atoms with van der Waals surface area (Å²) in [6.07, 6.45) is 5.56. The van der Waals surface area contributed by atoms with Gasteiger partial charge in [0.1, 0.15) is 5.65 Å². The van der Waals surface area contributed by atoms with Crippen molar-refractivity contribution >= 4 is 33.0 Å². The molecule has 4 aromatic rings. The average Bonchev–Trinajstić information content (AvgIpc) is 3.42. The van der Waals surface area contributed by atoms with Crippen LogP contribution >= 0.6 is 0 Å². The first-order chi connectivity index (χ1) is 15.9. The SMILES string of the molecule is Cc1cccn2cc(-c3cccc(NS(=O)(=O)c4cc5c6c(c4)CCN6C(=O)CC5)c3)nc12. The zero-order chi connectivity index (χ0) is 22.7. The zero-order valence-electron chi connectivity index (χ0n) is 18.1. The number of pyridine rings is 1. The van der Waals surface area contributed by atoms with E-state index < -0.39 is 10.0 Å². The highest BCUT2D eigenvalue weighted by Crippen LogP contribution is 2.38. The van der Waals surface area contributed by atoms with Crippen molar-refractivity contribution in [2.24, 2.45) is 0 Å². The molecule has 2 aromatic heterocycles. The summed E-state index contributed by atoms with van der Waals surface area (Å²) in [5.41, 5.74) is 6.79. The Hall–Kier alpha value is -3.65. The van der Waals surface area contributed by atoms with Crippen molar-refractivity contribution in [3.63, 3.8) is 0 Å². The molecule has 6 rings (SSSR count). The van der Waals surface area contributed by atoms with Gasteiger partial charge in [-0.15, -0.1) is 0 Å². The second-order valence-corrected chi connectivity index (χ2v) is 10.3. The number of nitrogens with zero attached hydrogens (tertiary/aromatic N) is 3. The molecule has 0 unspecified atom stereocenters. The van der Waals surface area contributed by atoms with Crippen molar-refractivity contribution in [2.45, 2.75) is 31.1 Å². The number of sulfonamides is 1. The molecule has 2 aliphatic rings. The number of anilines is 2. The number of imidazole rings is 1. The topological polar surface area (TPSA) is 83.8 Å². The van der Waals surface area contributed by atoms with E-state index in [2.05, 4.69) is 4.72 Å². The standard InChI is InChI=1S/C25H22N4O3S/c1-16-4-3-10-28-15-22(26-25(16)28)17-5-2-6-20(12-17)27-33(31,32)21-13-18-7-8-23(30)29-11-9-19(14-21)24(18)29/h2-6,10,12-15,27H,7-9,11H2,1H3. The van der Waals surface area contributed by atoms with Gasteiger partial charge in [0.15, 0.2) is 0 Å². The molecule has 2 aliphatic heterocycles. The van der Waals surface area contributed by atoms with Crippen LogP contribution in [0.1, 0.15) is 23.1 Å². The van der Waals surface area contributed by atoms with Gasteiger partial charge in [-0.1, -0.05) is 18.2 Å². The van der Waals surface area contributed by atoms with E-state index in [0.717, 1.165) is 39.3 Å². The van der Waals surface area contributed by atoms with Gasteiger partial charge in [-0.25, -0.2) is 13.4 Å². The summed E-state index contributed by atoms with van der Waals surface area (Å²) in [6, 6.07) is 14.7. The molecule has 0 saturated carbocycles. The largest absolute Gasteiger partial charge is 0.312 e. The molecule has 1 amide bonds. The molecule has 1 N–H and O–H groups in total. The summed E-state index contributed by atoms with van der Waals surface area (Å²) in [5.74, 6) is 0.119. The minimum atomic E-state index is -3.78. The molecule has 33 heavy (non-hydrogen) atoms. The third kappa shape index (κ3) is 3.29. The number of hydrogen-bond donors (Lipinski definition) is 1. The maximum atomic E-state index is 13.3. The third-order valence-electron chi connectivity index (χ3n) is 6.42. The van der Waals surface area contributed by atoms with E-state index in [-0.39, 0.29) is 10.8 Å². The van der Waals surface area contributed by atoms with Crippen LogP contribution in [0, 0.1) is 6.92 Å². The number of hydrogen-bond acceptors (Lipinski definition) is 4. The van der Waals surface area contributed by atoms with Crippen LogP contribution in [0.4, 0.5) is 11.4 Å². The molecule has 0 fully saturated rings. The zero-order valence-corrected chi connectivity index (χ0v) is 18.9. The minimum Gasteiger partial charge on any atom is -0.312 e. The predicted octanol–water partition coefficient (Wildman–Crippen LogP) is 3.95. The molecule has 166 valence electrons. The molecular formula is C25H22N4O3S. The van der Waals surface area contributed by atoms with Crippen molar-refractivity contribution in [3.8, 4) is 11.3 Å². The summed E-state index contributed by atoms with van der Waals surface area (Å²) in [5, 5.41) is 0. The van der Waals surface area contributed by atoms with E-state index in [9.17, 15) is 13.2 Å². The summed E-state index contributed by atoms with van der Waals surface area (Å²) in [7, 11) is -3.78. The number of amides is 1. The maximum Gasteiger partial charge on any atom is 0.261 e. The number of carbonyl (C=O) groups excluding carboxylic acids is 1. The third-order valence-corrected chi connectivity index (χ3v) is 7.78. The van der Waals surface area contributed by atoms with Crippen molar-refractivity contribution in [3.05, 3.63) is 77.6 Å². The molecule has 4 heterocycles. The second kappa shape index (κ2) is 7.18. The van der Waals surface area contributed by atoms with Crippen LogP contribution in [0.25, 0.3) is 16.9 Å². The van der Waals surface area contributed by atoms with Crippen molar-refractivity contribution in [2.75, 3.05) is 16.2 Å². The van der Waals surface area contributed by atoms with Crippen LogP contribution in [0.15, 0.2) is 65.8 Å². The lowest BCUT2D eigenvalue weighted by atomic mass is 10.00. The molecule has 0 aliphatic carbocycles. The summed E-state index contributed by atoms with van der Waals surface area (Å²) in [6.45, 7) is 2.63. The predicted molar refractivity (Wildman–Crippen MR) is 127 cm³/mol. The van der Waals surface area contributed by atoms with Gasteiger partial charge in [0.25, 0.3) is 10.0 Å². The monoisotopic (exact) mass is 458 g/mol. The van der Waals surface area contributed by atoms with Gasteiger partial charge >= 0.3 is 0 Å². The summed E-state index contributed by atoms with van der Waals surface area (Å²) < 4.78 is 31.2. The fourth-order valence-electron chi connectivity index (χ4n) is 4.83. The molecule has 2 aromatic carbocycles. The quantitative estimate of drug-likeness (QED) is 0.502. The van der Waals surface area contributed by atoms with Crippen molar-refractivity contribution in [1.82, 2.24) is 9.38 Å². The highest BCUT2D eigenvalue weighted by molar-refractivity contribution is 7.92. The molecule has 0 bridgehead atoms. The van der Waals surface area contributed by atoms with Crippen molar-refractivity contribution in [1.29, 1.82) is 0 Å². The number of aryl methyl sites for hydroxylation is 2. The summed E-state index contributed by atoms with van der Waals surface area (Å²) in [4.78, 5) is 18.9. The Labute approximate surface area is 191 Å². The number of aromatic nitrogens is 2. The number of nitrogens with one attached hydrogen (secondary N) is 1. The van der Waals surface area contributed by atoms with Crippen molar-refractivity contribution < 1.29 is 13.2 Å². The smallest absolute Gasteiger partial charge is 0.261 e. The van der Waals surface area contributed by atoms with Gasteiger partial charge in [0.05, 0.1) is 16.3 Å². The van der Waals surface area contributed by atoms with Gasteiger partial charge in [0.2, 0.25) is 5.91 Å². The maximum absolute atomic E-state index is 13.3. The lowest BCUT2D eigenvalue weighted by molar-refractivity contribution is -0.118. The van der Waals surface area contributed by atoms with Gasteiger partial charge in [-0.2, -0.15) is 0 Å². The Morgan fingerprint density at radius 1 is 1.00 bits per heavy atom. The van der Waals surface area contributed by atoms with E-state index in [1.165, 1.54) is 0 Å². The Kier molecular flexibility index (Phi) is 4.35. The highest BCUT2D eigenvalue weighted by Gasteiger charge is 2.33. The Balaban J connectivity index is 1.33. The van der Waals surface area contributed by atoms with Crippen LogP contribution in [0.5, 0.6) is 0 Å². The molecule has 7 nitrogen and oxygen atoms in total. The number of carbonyl (C=O) groups is 1. The average molecular weight is 459 g/mol. The Morgan fingerprint density at radius 3 is 2.64 bits per heavy atom. The second-order valence-electron chi connectivity index (χ2n) is 8.62. The van der Waals surface area contributed by atoms with Gasteiger partial charge in [-0.05, 0) is 66.8 Å². The normalized spacial score (nSPS) is 15.2. The Bertz CT molecular complexity index is 1560. The van der Waals surface area contributed by atoms with E-state index in [1.807, 2.05) is 48.0 Å². The van der Waals surface area contributed by atoms with Crippen LogP contribution in [0.3, 0.4) is 0 Å². The molecule has 0 atom stereocenters. The van der Waals surface area contributed by atoms with E-state index in [0.29, 0.717) is 31.5 Å². The minimum absolute atomic E-state index is 0.119. The lowest BCUT2D eigenvalue weighted by Crippen LogP contribution is -2.33. The van der Waals surface area contributed by atoms with E-state index in [4.69, 9.17) is 4.98 Å². The number of fused-ring (bicyclic) bond motifs is 1. The highest BCUT2D eigenvalue weighted by atomic mass is 32.2. The first kappa shape index (κ1) is 20.0. The first-order valence-corrected chi connectivity index (χ1v) is 12.4. The van der Waals surface area contributed by atoms with Gasteiger partial charge in [0, 0.05) is 36.6 Å². The molecule has 0 saturated heterocycles. The van der Waals surface area contributed by atoms with E-state index in [1.54, 1.807) is 29.2 Å². The fraction of sp³-hybridized carbons (Fsp3) is 0.200. The molecular weight excluding hydrogens is 436 g/mol. The summed E-state index contributed by atoms with van der Waals surface area (Å²) >= 11 is 0. The number of benzene rings is 2.